The number of hydrogen-bond acceptors (Lipinski definition) is 10. The highest BCUT2D eigenvalue weighted by atomic mass is 16.7. The zero-order valence-corrected chi connectivity index (χ0v) is 37.6. The summed E-state index contributed by atoms with van der Waals surface area (Å²) in [4.78, 5) is 71.1. The number of hydrogen-bond donors (Lipinski definition) is 6. The molecule has 4 aliphatic rings. The Morgan fingerprint density at radius 3 is 2.25 bits per heavy atom. The van der Waals surface area contributed by atoms with Crippen LogP contribution in [0.1, 0.15) is 135 Å². The normalized spacial score (nSPS) is 24.4. The molecule has 4 fully saturated rings. The number of H-pyrrole nitrogens is 1. The van der Waals surface area contributed by atoms with Crippen molar-refractivity contribution in [2.45, 2.75) is 161 Å². The fourth-order valence-corrected chi connectivity index (χ4v) is 9.91. The van der Waals surface area contributed by atoms with Gasteiger partial charge in [-0.25, -0.2) is 0 Å². The highest BCUT2D eigenvalue weighted by molar-refractivity contribution is 6.47. The van der Waals surface area contributed by atoms with Crippen LogP contribution in [0.25, 0.3) is 11.1 Å². The molecule has 6 rings (SSSR count). The summed E-state index contributed by atoms with van der Waals surface area (Å²) in [6.07, 6.45) is 7.39. The lowest BCUT2D eigenvalue weighted by atomic mass is 9.43. The molecule has 8 N–H and O–H groups in total. The number of aliphatic hydroxyl groups excluding tert-OH is 1. The number of rotatable bonds is 25. The van der Waals surface area contributed by atoms with Crippen LogP contribution in [0, 0.1) is 29.1 Å². The molecule has 0 radical (unpaired) electrons. The van der Waals surface area contributed by atoms with E-state index in [1.54, 1.807) is 19.2 Å². The van der Waals surface area contributed by atoms with Crippen molar-refractivity contribution < 1.29 is 38.4 Å². The fraction of sp³-hybridized carbons (Fsp3) is 0.681. The van der Waals surface area contributed by atoms with Crippen LogP contribution in [-0.2, 0) is 34.9 Å². The van der Waals surface area contributed by atoms with Gasteiger partial charge >= 0.3 is 7.12 Å². The van der Waals surface area contributed by atoms with Gasteiger partial charge in [-0.1, -0.05) is 65.3 Å². The molecular formula is C47H72BN5O8. The van der Waals surface area contributed by atoms with Gasteiger partial charge in [-0.3, -0.25) is 24.0 Å². The smallest absolute Gasteiger partial charge is 0.405 e. The molecule has 3 saturated carbocycles. The van der Waals surface area contributed by atoms with Crippen LogP contribution in [0.5, 0.6) is 0 Å². The van der Waals surface area contributed by atoms with Crippen molar-refractivity contribution in [2.24, 2.45) is 40.6 Å². The quantitative estimate of drug-likeness (QED) is 0.0406. The molecule has 13 nitrogen and oxygen atoms in total. The molecule has 14 heteroatoms. The number of nitrogens with one attached hydrogen (secondary N) is 3. The van der Waals surface area contributed by atoms with E-state index in [1.807, 2.05) is 19.1 Å². The Morgan fingerprint density at radius 2 is 1.61 bits per heavy atom. The zero-order valence-electron chi connectivity index (χ0n) is 37.6. The minimum atomic E-state index is -1.33. The lowest BCUT2D eigenvalue weighted by molar-refractivity contribution is -0.199. The van der Waals surface area contributed by atoms with Gasteiger partial charge in [0.15, 0.2) is 17.3 Å². The molecule has 1 saturated heterocycles. The summed E-state index contributed by atoms with van der Waals surface area (Å²) in [6, 6.07) is 7.88. The Morgan fingerprint density at radius 1 is 0.885 bits per heavy atom. The van der Waals surface area contributed by atoms with E-state index in [0.717, 1.165) is 43.2 Å². The number of aliphatic hydroxyl groups is 1. The highest BCUT2D eigenvalue weighted by Crippen LogP contribution is 2.66. The Balaban J connectivity index is 1.15. The molecule has 1 aromatic heterocycles. The van der Waals surface area contributed by atoms with Crippen molar-refractivity contribution in [1.82, 2.24) is 15.6 Å². The van der Waals surface area contributed by atoms with Crippen molar-refractivity contribution in [3.05, 3.63) is 47.8 Å². The van der Waals surface area contributed by atoms with Gasteiger partial charge in [0.2, 0.25) is 11.8 Å². The number of aromatic amines is 1. The van der Waals surface area contributed by atoms with Gasteiger partial charge in [-0.2, -0.15) is 0 Å². The summed E-state index contributed by atoms with van der Waals surface area (Å²) in [7, 11) is -0.522. The second-order valence-electron chi connectivity index (χ2n) is 19.1. The summed E-state index contributed by atoms with van der Waals surface area (Å²) in [5.74, 6) is -3.02. The van der Waals surface area contributed by atoms with Crippen LogP contribution in [0.3, 0.4) is 0 Å². The zero-order chi connectivity index (χ0) is 44.6. The van der Waals surface area contributed by atoms with Gasteiger partial charge in [0.1, 0.15) is 6.04 Å². The summed E-state index contributed by atoms with van der Waals surface area (Å²) in [6.45, 7) is 14.4. The lowest BCUT2D eigenvalue weighted by Gasteiger charge is -2.64. The van der Waals surface area contributed by atoms with Crippen molar-refractivity contribution in [2.75, 3.05) is 13.1 Å². The number of benzene rings is 1. The first-order valence-corrected chi connectivity index (χ1v) is 22.8. The second kappa shape index (κ2) is 21.1. The van der Waals surface area contributed by atoms with Gasteiger partial charge in [0, 0.05) is 37.3 Å². The lowest BCUT2D eigenvalue weighted by Crippen LogP contribution is -2.65. The van der Waals surface area contributed by atoms with Crippen LogP contribution < -0.4 is 22.1 Å². The minimum absolute atomic E-state index is 0.00310. The molecule has 2 heterocycles. The average molecular weight is 846 g/mol. The summed E-state index contributed by atoms with van der Waals surface area (Å²) < 4.78 is 13.1. The number of carbonyl (C=O) groups excluding carboxylic acids is 5. The largest absolute Gasteiger partial charge is 0.461 e. The van der Waals surface area contributed by atoms with E-state index < -0.39 is 60.3 Å². The Hall–Kier alpha value is -3.69. The van der Waals surface area contributed by atoms with E-state index in [2.05, 4.69) is 55.4 Å². The first-order chi connectivity index (χ1) is 28.9. The third-order valence-electron chi connectivity index (χ3n) is 14.1. The number of ketones is 3. The van der Waals surface area contributed by atoms with E-state index in [4.69, 9.17) is 20.8 Å². The predicted molar refractivity (Wildman–Crippen MR) is 237 cm³/mol. The molecule has 1 aliphatic heterocycles. The van der Waals surface area contributed by atoms with E-state index in [0.29, 0.717) is 43.3 Å². The molecule has 0 spiro atoms. The molecule has 2 amide bonds. The second-order valence-corrected chi connectivity index (χ2v) is 19.1. The number of amides is 2. The SMILES string of the molecule is CCCCc1ccc(-c2c[nH]c(C(=O)C[C@@H](CCN)C(=O)N[C@H](C(=O)C[C@@H](C)C(=O)N[C@@H](CCCCN)C(=O)C[C@@H](C)B3OC4C[C@@H]5C[C@@H](C5(C)C)[C@]4(C)O3)[C@@H](C)O)c2)cc1. The molecule has 336 valence electrons. The standard InChI is InChI=1S/C47H72BN5O8/c1-8-9-12-31-14-16-32(17-15-31)34-23-37(51-27-34)39(56)24-33(18-20-50)45(59)53-43(30(4)54)40(57)21-28(2)44(58)52-36(13-10-11-19-49)38(55)22-29(3)48-60-42-26-35-25-41(46(35,5)6)47(42,7)61-48/h14-17,23,27-30,33,35-36,41-43,51,54H,8-13,18-22,24-26,49-50H2,1-7H3,(H,52,58)(H,53,59)/t28-,29-,30-,33-,35+,36+,41+,42?,43+,47+/m1/s1. The van der Waals surface area contributed by atoms with Crippen molar-refractivity contribution in [1.29, 1.82) is 0 Å². The number of aromatic nitrogens is 1. The van der Waals surface area contributed by atoms with E-state index in [-0.39, 0.29) is 61.1 Å². The molecule has 10 atom stereocenters. The number of carbonyl (C=O) groups is 5. The first-order valence-electron chi connectivity index (χ1n) is 22.8. The van der Waals surface area contributed by atoms with Gasteiger partial charge in [0.25, 0.3) is 0 Å². The van der Waals surface area contributed by atoms with Crippen LogP contribution >= 0.6 is 0 Å². The topological polar surface area (TPSA) is 216 Å². The van der Waals surface area contributed by atoms with Crippen molar-refractivity contribution >= 4 is 36.3 Å². The van der Waals surface area contributed by atoms with E-state index >= 15 is 0 Å². The van der Waals surface area contributed by atoms with Crippen LogP contribution in [0.2, 0.25) is 5.82 Å². The maximum atomic E-state index is 13.8. The van der Waals surface area contributed by atoms with Gasteiger partial charge in [-0.15, -0.1) is 0 Å². The van der Waals surface area contributed by atoms with E-state index in [9.17, 15) is 29.1 Å². The number of aryl methyl sites for hydroxylation is 1. The molecule has 1 aromatic carbocycles. The van der Waals surface area contributed by atoms with Gasteiger partial charge < -0.3 is 41.5 Å². The Bertz CT molecular complexity index is 1830. The van der Waals surface area contributed by atoms with Crippen molar-refractivity contribution in [3.63, 3.8) is 0 Å². The third kappa shape index (κ3) is 11.5. The highest BCUT2D eigenvalue weighted by Gasteiger charge is 2.68. The monoisotopic (exact) mass is 846 g/mol. The van der Waals surface area contributed by atoms with Crippen molar-refractivity contribution in [3.8, 4) is 11.1 Å². The molecule has 2 aromatic rings. The Kier molecular flexibility index (Phi) is 16.7. The summed E-state index contributed by atoms with van der Waals surface area (Å²) in [5.41, 5.74) is 14.8. The number of unbranched alkanes of at least 4 members (excludes halogenated alkanes) is 2. The molecule has 3 aliphatic carbocycles. The maximum absolute atomic E-state index is 13.8. The number of Topliss-reactive ketones (excluding diaryl/α,β-unsaturated/α-hetero) is 3. The Labute approximate surface area is 363 Å². The maximum Gasteiger partial charge on any atom is 0.461 e. The minimum Gasteiger partial charge on any atom is -0.405 e. The third-order valence-corrected chi connectivity index (χ3v) is 14.1. The molecular weight excluding hydrogens is 773 g/mol. The summed E-state index contributed by atoms with van der Waals surface area (Å²) >= 11 is 0. The predicted octanol–water partition coefficient (Wildman–Crippen LogP) is 5.71. The van der Waals surface area contributed by atoms with Crippen LogP contribution in [0.15, 0.2) is 36.5 Å². The average Bonchev–Trinajstić information content (AvgIpc) is 3.86. The fourth-order valence-electron chi connectivity index (χ4n) is 9.91. The first kappa shape index (κ1) is 48.3. The molecule has 2 bridgehead atoms. The van der Waals surface area contributed by atoms with Crippen LogP contribution in [-0.4, -0.2) is 89.4 Å². The molecule has 61 heavy (non-hydrogen) atoms. The van der Waals surface area contributed by atoms with Gasteiger partial charge in [0.05, 0.1) is 29.5 Å². The number of nitrogens with two attached hydrogens (primary N) is 2. The van der Waals surface area contributed by atoms with Gasteiger partial charge in [-0.05, 0) is 124 Å². The van der Waals surface area contributed by atoms with E-state index in [1.165, 1.54) is 12.5 Å². The summed E-state index contributed by atoms with van der Waals surface area (Å²) in [5, 5.41) is 16.2. The van der Waals surface area contributed by atoms with Crippen LogP contribution in [0.4, 0.5) is 0 Å². The molecule has 1 unspecified atom stereocenters.